The second-order valence-corrected chi connectivity index (χ2v) is 7.49. The number of rotatable bonds is 4. The molecule has 5 nitrogen and oxygen atoms in total. The summed E-state index contributed by atoms with van der Waals surface area (Å²) < 4.78 is 0. The van der Waals surface area contributed by atoms with E-state index in [-0.39, 0.29) is 11.8 Å². The zero-order valence-electron chi connectivity index (χ0n) is 14.3. The Labute approximate surface area is 165 Å². The highest BCUT2D eigenvalue weighted by Gasteiger charge is 2.21. The molecule has 0 atom stereocenters. The van der Waals surface area contributed by atoms with E-state index in [1.165, 1.54) is 11.3 Å². The maximum atomic E-state index is 12.5. The van der Waals surface area contributed by atoms with E-state index in [9.17, 15) is 9.59 Å². The zero-order chi connectivity index (χ0) is 18.8. The van der Waals surface area contributed by atoms with Crippen LogP contribution in [0.3, 0.4) is 0 Å². The number of nitrogens with one attached hydrogen (secondary N) is 1. The molecular formula is C20H16ClN3O2S. The van der Waals surface area contributed by atoms with E-state index in [2.05, 4.69) is 10.3 Å². The fourth-order valence-corrected chi connectivity index (χ4v) is 3.81. The molecule has 1 saturated heterocycles. The average molecular weight is 398 g/mol. The third-order valence-electron chi connectivity index (χ3n) is 4.38. The van der Waals surface area contributed by atoms with Crippen LogP contribution in [-0.2, 0) is 4.79 Å². The molecule has 1 aliphatic heterocycles. The van der Waals surface area contributed by atoms with E-state index < -0.39 is 0 Å². The molecule has 1 N–H and O–H groups in total. The van der Waals surface area contributed by atoms with Crippen molar-refractivity contribution >= 4 is 45.6 Å². The SMILES string of the molecule is O=C(Nc1nc(-c2ccc(Cl)cc2)cs1)c1ccc(N2CCCC2=O)cc1. The van der Waals surface area contributed by atoms with E-state index in [0.29, 0.717) is 22.1 Å². The molecule has 2 amide bonds. The normalized spacial score (nSPS) is 13.8. The van der Waals surface area contributed by atoms with Crippen LogP contribution in [0.2, 0.25) is 5.02 Å². The first-order valence-corrected chi connectivity index (χ1v) is 9.79. The Kier molecular flexibility index (Phi) is 4.92. The molecule has 3 aromatic rings. The molecule has 1 aromatic heterocycles. The lowest BCUT2D eigenvalue weighted by Gasteiger charge is -2.15. The third kappa shape index (κ3) is 3.86. The number of benzene rings is 2. The van der Waals surface area contributed by atoms with Crippen molar-refractivity contribution in [2.24, 2.45) is 0 Å². The van der Waals surface area contributed by atoms with Crippen LogP contribution in [0.25, 0.3) is 11.3 Å². The molecule has 1 aliphatic rings. The van der Waals surface area contributed by atoms with Gasteiger partial charge in [0.15, 0.2) is 5.13 Å². The van der Waals surface area contributed by atoms with Gasteiger partial charge in [0.2, 0.25) is 5.91 Å². The fraction of sp³-hybridized carbons (Fsp3) is 0.150. The number of aromatic nitrogens is 1. The summed E-state index contributed by atoms with van der Waals surface area (Å²) >= 11 is 7.27. The minimum atomic E-state index is -0.230. The van der Waals surface area contributed by atoms with Gasteiger partial charge < -0.3 is 4.90 Å². The molecule has 0 spiro atoms. The van der Waals surface area contributed by atoms with Gasteiger partial charge in [0.25, 0.3) is 5.91 Å². The van der Waals surface area contributed by atoms with Gasteiger partial charge in [0.05, 0.1) is 5.69 Å². The third-order valence-corrected chi connectivity index (χ3v) is 5.39. The van der Waals surface area contributed by atoms with E-state index in [1.807, 2.05) is 17.5 Å². The molecular weight excluding hydrogens is 382 g/mol. The summed E-state index contributed by atoms with van der Waals surface area (Å²) in [5.74, 6) is -0.101. The number of hydrogen-bond acceptors (Lipinski definition) is 4. The largest absolute Gasteiger partial charge is 0.312 e. The van der Waals surface area contributed by atoms with Crippen molar-refractivity contribution in [3.05, 3.63) is 64.5 Å². The van der Waals surface area contributed by atoms with Gasteiger partial charge in [-0.2, -0.15) is 0 Å². The summed E-state index contributed by atoms with van der Waals surface area (Å²) in [6.07, 6.45) is 1.46. The molecule has 0 aliphatic carbocycles. The molecule has 136 valence electrons. The van der Waals surface area contributed by atoms with Crippen LogP contribution in [0.15, 0.2) is 53.9 Å². The van der Waals surface area contributed by atoms with Crippen molar-refractivity contribution < 1.29 is 9.59 Å². The molecule has 0 radical (unpaired) electrons. The van der Waals surface area contributed by atoms with Crippen molar-refractivity contribution in [2.75, 3.05) is 16.8 Å². The van der Waals surface area contributed by atoms with Gasteiger partial charge >= 0.3 is 0 Å². The Bertz CT molecular complexity index is 983. The van der Waals surface area contributed by atoms with E-state index in [4.69, 9.17) is 11.6 Å². The summed E-state index contributed by atoms with van der Waals surface area (Å²) in [5.41, 5.74) is 3.08. The van der Waals surface area contributed by atoms with Crippen molar-refractivity contribution in [2.45, 2.75) is 12.8 Å². The highest BCUT2D eigenvalue weighted by molar-refractivity contribution is 7.14. The molecule has 7 heteroatoms. The fourth-order valence-electron chi connectivity index (χ4n) is 2.97. The van der Waals surface area contributed by atoms with E-state index in [0.717, 1.165) is 29.9 Å². The number of hydrogen-bond donors (Lipinski definition) is 1. The van der Waals surface area contributed by atoms with E-state index >= 15 is 0 Å². The number of halogens is 1. The lowest BCUT2D eigenvalue weighted by Crippen LogP contribution is -2.23. The Balaban J connectivity index is 1.44. The summed E-state index contributed by atoms with van der Waals surface area (Å²) in [7, 11) is 0. The van der Waals surface area contributed by atoms with Crippen LogP contribution >= 0.6 is 22.9 Å². The maximum absolute atomic E-state index is 12.5. The second kappa shape index (κ2) is 7.50. The van der Waals surface area contributed by atoms with Crippen molar-refractivity contribution in [3.63, 3.8) is 0 Å². The Morgan fingerprint density at radius 2 is 1.85 bits per heavy atom. The van der Waals surface area contributed by atoms with Gasteiger partial charge in [-0.05, 0) is 42.8 Å². The summed E-state index contributed by atoms with van der Waals surface area (Å²) in [5, 5.41) is 5.91. The van der Waals surface area contributed by atoms with Crippen molar-refractivity contribution in [1.29, 1.82) is 0 Å². The van der Waals surface area contributed by atoms with Gasteiger partial charge in [-0.15, -0.1) is 11.3 Å². The van der Waals surface area contributed by atoms with Crippen LogP contribution in [0.5, 0.6) is 0 Å². The van der Waals surface area contributed by atoms with Gasteiger partial charge in [-0.1, -0.05) is 23.7 Å². The minimum absolute atomic E-state index is 0.129. The van der Waals surface area contributed by atoms with Gasteiger partial charge in [0, 0.05) is 40.2 Å². The van der Waals surface area contributed by atoms with Gasteiger partial charge in [0.1, 0.15) is 0 Å². The highest BCUT2D eigenvalue weighted by atomic mass is 35.5. The molecule has 1 fully saturated rings. The molecule has 27 heavy (non-hydrogen) atoms. The van der Waals surface area contributed by atoms with Gasteiger partial charge in [-0.25, -0.2) is 4.98 Å². The smallest absolute Gasteiger partial charge is 0.257 e. The Morgan fingerprint density at radius 1 is 1.11 bits per heavy atom. The molecule has 0 bridgehead atoms. The first kappa shape index (κ1) is 17.7. The quantitative estimate of drug-likeness (QED) is 0.685. The minimum Gasteiger partial charge on any atom is -0.312 e. The standard InChI is InChI=1S/C20H16ClN3O2S/c21-15-7-3-13(4-8-15)17-12-27-20(22-17)23-19(26)14-5-9-16(10-6-14)24-11-1-2-18(24)25/h3-10,12H,1-2,11H2,(H,22,23,26). The van der Waals surface area contributed by atoms with Crippen LogP contribution in [-0.4, -0.2) is 23.3 Å². The zero-order valence-corrected chi connectivity index (χ0v) is 15.9. The lowest BCUT2D eigenvalue weighted by atomic mass is 10.2. The monoisotopic (exact) mass is 397 g/mol. The number of anilines is 2. The van der Waals surface area contributed by atoms with Crippen molar-refractivity contribution in [1.82, 2.24) is 4.98 Å². The number of carbonyl (C=O) groups excluding carboxylic acids is 2. The van der Waals surface area contributed by atoms with Crippen LogP contribution in [0.1, 0.15) is 23.2 Å². The molecule has 0 saturated carbocycles. The molecule has 2 heterocycles. The topological polar surface area (TPSA) is 62.3 Å². The molecule has 0 unspecified atom stereocenters. The number of carbonyl (C=O) groups is 2. The predicted octanol–water partition coefficient (Wildman–Crippen LogP) is 4.84. The number of amides is 2. The summed E-state index contributed by atoms with van der Waals surface area (Å²) in [6, 6.07) is 14.5. The summed E-state index contributed by atoms with van der Waals surface area (Å²) in [6.45, 7) is 0.733. The summed E-state index contributed by atoms with van der Waals surface area (Å²) in [4.78, 5) is 30.5. The van der Waals surface area contributed by atoms with Crippen LogP contribution in [0, 0.1) is 0 Å². The lowest BCUT2D eigenvalue weighted by molar-refractivity contribution is -0.117. The molecule has 2 aromatic carbocycles. The van der Waals surface area contributed by atoms with E-state index in [1.54, 1.807) is 41.3 Å². The highest BCUT2D eigenvalue weighted by Crippen LogP contribution is 2.27. The van der Waals surface area contributed by atoms with Gasteiger partial charge in [-0.3, -0.25) is 14.9 Å². The van der Waals surface area contributed by atoms with Crippen molar-refractivity contribution in [3.8, 4) is 11.3 Å². The number of nitrogens with zero attached hydrogens (tertiary/aromatic N) is 2. The second-order valence-electron chi connectivity index (χ2n) is 6.19. The van der Waals surface area contributed by atoms with Crippen LogP contribution in [0.4, 0.5) is 10.8 Å². The first-order valence-electron chi connectivity index (χ1n) is 8.53. The predicted molar refractivity (Wildman–Crippen MR) is 109 cm³/mol. The molecule has 4 rings (SSSR count). The first-order chi connectivity index (χ1) is 13.1. The Morgan fingerprint density at radius 3 is 2.52 bits per heavy atom. The Hall–Kier alpha value is -2.70. The number of thiazole rings is 1. The maximum Gasteiger partial charge on any atom is 0.257 e. The average Bonchev–Trinajstić information content (AvgIpc) is 3.31. The van der Waals surface area contributed by atoms with Crippen LogP contribution < -0.4 is 10.2 Å².